The van der Waals surface area contributed by atoms with Gasteiger partial charge in [0.2, 0.25) is 0 Å². The van der Waals surface area contributed by atoms with Gasteiger partial charge < -0.3 is 9.64 Å². The summed E-state index contributed by atoms with van der Waals surface area (Å²) in [6.07, 6.45) is 4.73. The van der Waals surface area contributed by atoms with Gasteiger partial charge in [0.25, 0.3) is 5.91 Å². The lowest BCUT2D eigenvalue weighted by Crippen LogP contribution is -2.30. The standard InChI is InChI=1S/C20H19ClN4O2/c1-3-25(13-14-10-16(21)7-8-18(14)27-2)20(26)15-11-23-19(24-12-15)17-6-4-5-9-22-17/h4-12H,3,13H2,1-2H3. The molecule has 27 heavy (non-hydrogen) atoms. The molecular formula is C20H19ClN4O2. The predicted molar refractivity (Wildman–Crippen MR) is 104 cm³/mol. The third kappa shape index (κ3) is 4.41. The van der Waals surface area contributed by atoms with E-state index in [1.165, 1.54) is 12.4 Å². The molecule has 1 amide bonds. The molecule has 0 fully saturated rings. The number of carbonyl (C=O) groups excluding carboxylic acids is 1. The smallest absolute Gasteiger partial charge is 0.257 e. The Bertz CT molecular complexity index is 917. The number of methoxy groups -OCH3 is 1. The number of aromatic nitrogens is 3. The van der Waals surface area contributed by atoms with Crippen LogP contribution in [0.4, 0.5) is 0 Å². The first-order valence-electron chi connectivity index (χ1n) is 8.47. The largest absolute Gasteiger partial charge is 0.496 e. The van der Waals surface area contributed by atoms with E-state index in [1.807, 2.05) is 25.1 Å². The van der Waals surface area contributed by atoms with Crippen LogP contribution in [0.1, 0.15) is 22.8 Å². The Kier molecular flexibility index (Phi) is 5.98. The molecule has 2 aromatic heterocycles. The van der Waals surface area contributed by atoms with Gasteiger partial charge >= 0.3 is 0 Å². The van der Waals surface area contributed by atoms with E-state index in [1.54, 1.807) is 36.4 Å². The molecule has 0 saturated heterocycles. The van der Waals surface area contributed by atoms with E-state index < -0.39 is 0 Å². The van der Waals surface area contributed by atoms with E-state index in [-0.39, 0.29) is 5.91 Å². The van der Waals surface area contributed by atoms with Crippen LogP contribution in [0.2, 0.25) is 5.02 Å². The number of nitrogens with zero attached hydrogens (tertiary/aromatic N) is 4. The highest BCUT2D eigenvalue weighted by molar-refractivity contribution is 6.30. The molecule has 0 unspecified atom stereocenters. The molecule has 0 bridgehead atoms. The maximum Gasteiger partial charge on any atom is 0.257 e. The van der Waals surface area contributed by atoms with Crippen LogP contribution in [0, 0.1) is 0 Å². The minimum atomic E-state index is -0.160. The number of rotatable bonds is 6. The Morgan fingerprint density at radius 2 is 1.93 bits per heavy atom. The second-order valence-electron chi connectivity index (χ2n) is 5.79. The van der Waals surface area contributed by atoms with Gasteiger partial charge in [0.15, 0.2) is 5.82 Å². The Hall–Kier alpha value is -2.99. The lowest BCUT2D eigenvalue weighted by atomic mass is 10.1. The first-order chi connectivity index (χ1) is 13.1. The Labute approximate surface area is 162 Å². The van der Waals surface area contributed by atoms with Crippen molar-refractivity contribution < 1.29 is 9.53 Å². The van der Waals surface area contributed by atoms with Crippen molar-refractivity contribution in [2.24, 2.45) is 0 Å². The lowest BCUT2D eigenvalue weighted by Gasteiger charge is -2.22. The topological polar surface area (TPSA) is 68.2 Å². The molecule has 3 aromatic rings. The van der Waals surface area contributed by atoms with Crippen LogP contribution in [0.3, 0.4) is 0 Å². The van der Waals surface area contributed by atoms with Gasteiger partial charge in [-0.1, -0.05) is 17.7 Å². The minimum absolute atomic E-state index is 0.160. The summed E-state index contributed by atoms with van der Waals surface area (Å²) in [5.41, 5.74) is 1.91. The molecule has 0 N–H and O–H groups in total. The zero-order valence-corrected chi connectivity index (χ0v) is 15.8. The number of carbonyl (C=O) groups is 1. The third-order valence-corrected chi connectivity index (χ3v) is 4.30. The van der Waals surface area contributed by atoms with Crippen molar-refractivity contribution in [2.75, 3.05) is 13.7 Å². The number of halogens is 1. The summed E-state index contributed by atoms with van der Waals surface area (Å²) in [6, 6.07) is 10.9. The summed E-state index contributed by atoms with van der Waals surface area (Å²) >= 11 is 6.09. The highest BCUT2D eigenvalue weighted by atomic mass is 35.5. The molecule has 6 nitrogen and oxygen atoms in total. The van der Waals surface area contributed by atoms with E-state index in [9.17, 15) is 4.79 Å². The first kappa shape index (κ1) is 18.8. The fraction of sp³-hybridized carbons (Fsp3) is 0.200. The number of hydrogen-bond donors (Lipinski definition) is 0. The Balaban J connectivity index is 1.80. The average Bonchev–Trinajstić information content (AvgIpc) is 2.72. The summed E-state index contributed by atoms with van der Waals surface area (Å²) in [5, 5.41) is 0.595. The van der Waals surface area contributed by atoms with Crippen molar-refractivity contribution in [3.63, 3.8) is 0 Å². The molecule has 7 heteroatoms. The average molecular weight is 383 g/mol. The van der Waals surface area contributed by atoms with Crippen molar-refractivity contribution in [2.45, 2.75) is 13.5 Å². The van der Waals surface area contributed by atoms with E-state index >= 15 is 0 Å². The molecule has 0 aliphatic rings. The fourth-order valence-electron chi connectivity index (χ4n) is 2.65. The van der Waals surface area contributed by atoms with E-state index in [0.717, 1.165) is 5.56 Å². The molecule has 0 aliphatic heterocycles. The maximum absolute atomic E-state index is 12.9. The zero-order chi connectivity index (χ0) is 19.2. The summed E-state index contributed by atoms with van der Waals surface area (Å²) in [6.45, 7) is 2.82. The van der Waals surface area contributed by atoms with E-state index in [2.05, 4.69) is 15.0 Å². The highest BCUT2D eigenvalue weighted by Crippen LogP contribution is 2.24. The SMILES string of the molecule is CCN(Cc1cc(Cl)ccc1OC)C(=O)c1cnc(-c2ccccn2)nc1. The summed E-state index contributed by atoms with van der Waals surface area (Å²) < 4.78 is 5.37. The van der Waals surface area contributed by atoms with Gasteiger partial charge in [0.1, 0.15) is 11.4 Å². The van der Waals surface area contributed by atoms with Crippen LogP contribution in [0.15, 0.2) is 55.0 Å². The molecule has 2 heterocycles. The number of benzene rings is 1. The van der Waals surface area contributed by atoms with E-state index in [4.69, 9.17) is 16.3 Å². The molecule has 0 aliphatic carbocycles. The zero-order valence-electron chi connectivity index (χ0n) is 15.1. The van der Waals surface area contributed by atoms with Crippen LogP contribution >= 0.6 is 11.6 Å². The van der Waals surface area contributed by atoms with Crippen molar-refractivity contribution in [3.8, 4) is 17.3 Å². The predicted octanol–water partition coefficient (Wildman–Crippen LogP) is 3.86. The van der Waals surface area contributed by atoms with Gasteiger partial charge in [-0.25, -0.2) is 9.97 Å². The third-order valence-electron chi connectivity index (χ3n) is 4.07. The molecular weight excluding hydrogens is 364 g/mol. The molecule has 3 rings (SSSR count). The molecule has 0 saturated carbocycles. The molecule has 0 atom stereocenters. The van der Waals surface area contributed by atoms with Crippen LogP contribution in [0.25, 0.3) is 11.5 Å². The van der Waals surface area contributed by atoms with Gasteiger partial charge in [-0.15, -0.1) is 0 Å². The summed E-state index contributed by atoms with van der Waals surface area (Å²) in [7, 11) is 1.59. The van der Waals surface area contributed by atoms with Crippen LogP contribution in [-0.4, -0.2) is 39.4 Å². The normalized spacial score (nSPS) is 10.5. The number of pyridine rings is 1. The summed E-state index contributed by atoms with van der Waals surface area (Å²) in [5.74, 6) is 1.01. The van der Waals surface area contributed by atoms with Crippen LogP contribution in [0.5, 0.6) is 5.75 Å². The van der Waals surface area contributed by atoms with Gasteiger partial charge in [-0.2, -0.15) is 0 Å². The van der Waals surface area contributed by atoms with Crippen molar-refractivity contribution in [1.29, 1.82) is 0 Å². The quantitative estimate of drug-likeness (QED) is 0.647. The lowest BCUT2D eigenvalue weighted by molar-refractivity contribution is 0.0750. The molecule has 1 aromatic carbocycles. The Morgan fingerprint density at radius 3 is 2.56 bits per heavy atom. The van der Waals surface area contributed by atoms with Crippen LogP contribution < -0.4 is 4.74 Å². The van der Waals surface area contributed by atoms with Gasteiger partial charge in [0.05, 0.1) is 12.7 Å². The number of ether oxygens (including phenoxy) is 1. The van der Waals surface area contributed by atoms with E-state index in [0.29, 0.717) is 40.9 Å². The van der Waals surface area contributed by atoms with Crippen LogP contribution in [-0.2, 0) is 6.54 Å². The van der Waals surface area contributed by atoms with Crippen molar-refractivity contribution in [3.05, 3.63) is 71.1 Å². The van der Waals surface area contributed by atoms with Crippen molar-refractivity contribution in [1.82, 2.24) is 19.9 Å². The second kappa shape index (κ2) is 8.60. The molecule has 138 valence electrons. The maximum atomic E-state index is 12.9. The van der Waals surface area contributed by atoms with Gasteiger partial charge in [-0.05, 0) is 37.3 Å². The monoisotopic (exact) mass is 382 g/mol. The summed E-state index contributed by atoms with van der Waals surface area (Å²) in [4.78, 5) is 27.3. The number of amides is 1. The minimum Gasteiger partial charge on any atom is -0.496 e. The van der Waals surface area contributed by atoms with Crippen molar-refractivity contribution >= 4 is 17.5 Å². The van der Waals surface area contributed by atoms with Gasteiger partial charge in [0, 0.05) is 42.3 Å². The first-order valence-corrected chi connectivity index (χ1v) is 8.85. The molecule has 0 radical (unpaired) electrons. The van der Waals surface area contributed by atoms with Gasteiger partial charge in [-0.3, -0.25) is 9.78 Å². The molecule has 0 spiro atoms. The highest BCUT2D eigenvalue weighted by Gasteiger charge is 2.18. The number of hydrogen-bond acceptors (Lipinski definition) is 5. The Morgan fingerprint density at radius 1 is 1.15 bits per heavy atom. The second-order valence-corrected chi connectivity index (χ2v) is 6.22. The fourth-order valence-corrected chi connectivity index (χ4v) is 2.85.